The lowest BCUT2D eigenvalue weighted by atomic mass is 10.1. The molecule has 0 radical (unpaired) electrons. The molecule has 0 bridgehead atoms. The molecule has 24 heavy (non-hydrogen) atoms. The zero-order valence-electron chi connectivity index (χ0n) is 14.8. The van der Waals surface area contributed by atoms with Crippen molar-refractivity contribution in [3.63, 3.8) is 0 Å². The van der Waals surface area contributed by atoms with Crippen LogP contribution in [0.2, 0.25) is 0 Å². The van der Waals surface area contributed by atoms with Crippen molar-refractivity contribution in [1.29, 1.82) is 0 Å². The summed E-state index contributed by atoms with van der Waals surface area (Å²) in [6.07, 6.45) is 0. The van der Waals surface area contributed by atoms with Crippen LogP contribution in [0.5, 0.6) is 0 Å². The van der Waals surface area contributed by atoms with Gasteiger partial charge in [-0.25, -0.2) is 8.42 Å². The van der Waals surface area contributed by atoms with Crippen LogP contribution in [0, 0.1) is 26.7 Å². The van der Waals surface area contributed by atoms with E-state index in [-0.39, 0.29) is 5.92 Å². The number of hydrogen-bond acceptors (Lipinski definition) is 2. The van der Waals surface area contributed by atoms with Crippen molar-refractivity contribution in [2.45, 2.75) is 39.5 Å². The number of hydrogen-bond donors (Lipinski definition) is 0. The maximum atomic E-state index is 13.3. The van der Waals surface area contributed by atoms with Crippen LogP contribution in [0.25, 0.3) is 0 Å². The third-order valence-corrected chi connectivity index (χ3v) is 6.29. The molecule has 0 aliphatic heterocycles. The molecule has 0 saturated carbocycles. The first-order valence-electron chi connectivity index (χ1n) is 7.99. The van der Waals surface area contributed by atoms with Gasteiger partial charge in [0.2, 0.25) is 0 Å². The average molecular weight is 410 g/mol. The number of rotatable bonds is 5. The fourth-order valence-corrected chi connectivity index (χ4v) is 5.14. The highest BCUT2D eigenvalue weighted by atomic mass is 79.9. The number of sulfonamides is 1. The lowest BCUT2D eigenvalue weighted by Crippen LogP contribution is -2.35. The maximum Gasteiger partial charge on any atom is 0.264 e. The molecule has 2 aromatic rings. The molecule has 130 valence electrons. The van der Waals surface area contributed by atoms with Gasteiger partial charge in [-0.1, -0.05) is 47.5 Å². The van der Waals surface area contributed by atoms with Crippen molar-refractivity contribution >= 4 is 31.6 Å². The monoisotopic (exact) mass is 409 g/mol. The minimum atomic E-state index is -3.62. The van der Waals surface area contributed by atoms with Gasteiger partial charge < -0.3 is 0 Å². The number of halogens is 1. The van der Waals surface area contributed by atoms with E-state index in [9.17, 15) is 8.42 Å². The van der Waals surface area contributed by atoms with Crippen molar-refractivity contribution in [3.8, 4) is 0 Å². The van der Waals surface area contributed by atoms with Gasteiger partial charge in [0.1, 0.15) is 0 Å². The molecule has 3 nitrogen and oxygen atoms in total. The van der Waals surface area contributed by atoms with Gasteiger partial charge in [-0.3, -0.25) is 4.31 Å². The van der Waals surface area contributed by atoms with Crippen molar-refractivity contribution in [1.82, 2.24) is 0 Å². The Morgan fingerprint density at radius 1 is 1.00 bits per heavy atom. The smallest absolute Gasteiger partial charge is 0.264 e. The van der Waals surface area contributed by atoms with Gasteiger partial charge in [0.25, 0.3) is 10.0 Å². The largest absolute Gasteiger partial charge is 0.266 e. The summed E-state index contributed by atoms with van der Waals surface area (Å²) in [4.78, 5) is 0.353. The first-order valence-corrected chi connectivity index (χ1v) is 10.2. The molecule has 0 aliphatic carbocycles. The molecule has 0 aliphatic rings. The molecule has 2 aromatic carbocycles. The molecule has 0 saturated heterocycles. The van der Waals surface area contributed by atoms with E-state index in [1.165, 1.54) is 0 Å². The highest BCUT2D eigenvalue weighted by Crippen LogP contribution is 2.30. The Balaban J connectivity index is 2.62. The molecule has 2 rings (SSSR count). The summed E-state index contributed by atoms with van der Waals surface area (Å²) in [6.45, 7) is 10.3. The van der Waals surface area contributed by atoms with Crippen LogP contribution >= 0.6 is 15.9 Å². The fourth-order valence-electron chi connectivity index (χ4n) is 2.76. The first kappa shape index (κ1) is 19.0. The van der Waals surface area contributed by atoms with Crippen LogP contribution in [-0.2, 0) is 10.0 Å². The zero-order chi connectivity index (χ0) is 18.1. The minimum absolute atomic E-state index is 0.219. The maximum absolute atomic E-state index is 13.3. The van der Waals surface area contributed by atoms with Crippen LogP contribution in [-0.4, -0.2) is 15.0 Å². The summed E-state index contributed by atoms with van der Waals surface area (Å²) < 4.78 is 29.1. The second-order valence-corrected chi connectivity index (χ2v) is 9.38. The predicted molar refractivity (Wildman–Crippen MR) is 104 cm³/mol. The SMILES string of the molecule is Cc1ccc(N(CC(C)C)S(=O)(=O)c2ccc(Br)cc2C)c(C)c1. The van der Waals surface area contributed by atoms with E-state index in [0.717, 1.165) is 26.9 Å². The predicted octanol–water partition coefficient (Wildman–Crippen LogP) is 5.23. The van der Waals surface area contributed by atoms with Gasteiger partial charge in [-0.2, -0.15) is 0 Å². The van der Waals surface area contributed by atoms with Gasteiger partial charge in [-0.15, -0.1) is 0 Å². The van der Waals surface area contributed by atoms with Gasteiger partial charge >= 0.3 is 0 Å². The molecule has 5 heteroatoms. The molecular weight excluding hydrogens is 386 g/mol. The standard InChI is InChI=1S/C19H24BrNO2S/c1-13(2)12-21(18-8-6-14(3)10-15(18)4)24(22,23)19-9-7-17(20)11-16(19)5/h6-11,13H,12H2,1-5H3. The Morgan fingerprint density at radius 3 is 2.21 bits per heavy atom. The summed E-state index contributed by atoms with van der Waals surface area (Å²) >= 11 is 3.40. The van der Waals surface area contributed by atoms with Crippen LogP contribution < -0.4 is 4.31 Å². The Bertz CT molecular complexity index is 844. The Labute approximate surface area is 153 Å². The zero-order valence-corrected chi connectivity index (χ0v) is 17.2. The van der Waals surface area contributed by atoms with E-state index >= 15 is 0 Å². The van der Waals surface area contributed by atoms with E-state index in [0.29, 0.717) is 11.4 Å². The number of benzene rings is 2. The summed E-state index contributed by atoms with van der Waals surface area (Å²) in [7, 11) is -3.62. The lowest BCUT2D eigenvalue weighted by molar-refractivity contribution is 0.577. The normalized spacial score (nSPS) is 11.8. The van der Waals surface area contributed by atoms with E-state index in [1.54, 1.807) is 16.4 Å². The molecule has 0 spiro atoms. The molecule has 0 fully saturated rings. The Hall–Kier alpha value is -1.33. The topological polar surface area (TPSA) is 37.4 Å². The number of anilines is 1. The molecule has 0 atom stereocenters. The summed E-state index contributed by atoms with van der Waals surface area (Å²) in [5.74, 6) is 0.219. The third kappa shape index (κ3) is 4.01. The fraction of sp³-hybridized carbons (Fsp3) is 0.368. The molecule has 0 unspecified atom stereocenters. The molecule has 0 N–H and O–H groups in total. The van der Waals surface area contributed by atoms with Crippen molar-refractivity contribution in [3.05, 3.63) is 57.6 Å². The third-order valence-electron chi connectivity index (χ3n) is 3.86. The van der Waals surface area contributed by atoms with E-state index in [1.807, 2.05) is 58.9 Å². The summed E-state index contributed by atoms with van der Waals surface area (Å²) in [5, 5.41) is 0. The van der Waals surface area contributed by atoms with Crippen molar-refractivity contribution < 1.29 is 8.42 Å². The number of nitrogens with zero attached hydrogens (tertiary/aromatic N) is 1. The first-order chi connectivity index (χ1) is 11.1. The Kier molecular flexibility index (Phi) is 5.76. The van der Waals surface area contributed by atoms with Gasteiger partial charge in [0.15, 0.2) is 0 Å². The van der Waals surface area contributed by atoms with Crippen LogP contribution in [0.4, 0.5) is 5.69 Å². The minimum Gasteiger partial charge on any atom is -0.266 e. The summed E-state index contributed by atoms with van der Waals surface area (Å²) in [5.41, 5.74) is 3.58. The molecular formula is C19H24BrNO2S. The van der Waals surface area contributed by atoms with Crippen LogP contribution in [0.1, 0.15) is 30.5 Å². The highest BCUT2D eigenvalue weighted by Gasteiger charge is 2.28. The average Bonchev–Trinajstić information content (AvgIpc) is 2.44. The van der Waals surface area contributed by atoms with Crippen molar-refractivity contribution in [2.24, 2.45) is 5.92 Å². The molecule has 0 aromatic heterocycles. The van der Waals surface area contributed by atoms with E-state index in [2.05, 4.69) is 15.9 Å². The van der Waals surface area contributed by atoms with Gasteiger partial charge in [0.05, 0.1) is 10.6 Å². The second kappa shape index (κ2) is 7.28. The van der Waals surface area contributed by atoms with E-state index < -0.39 is 10.0 Å². The van der Waals surface area contributed by atoms with Crippen LogP contribution in [0.15, 0.2) is 45.8 Å². The summed E-state index contributed by atoms with van der Waals surface area (Å²) in [6, 6.07) is 11.2. The highest BCUT2D eigenvalue weighted by molar-refractivity contribution is 9.10. The molecule has 0 heterocycles. The van der Waals surface area contributed by atoms with Gasteiger partial charge in [0, 0.05) is 11.0 Å². The lowest BCUT2D eigenvalue weighted by Gasteiger charge is -2.28. The van der Waals surface area contributed by atoms with E-state index in [4.69, 9.17) is 0 Å². The molecule has 0 amide bonds. The second-order valence-electron chi connectivity index (χ2n) is 6.63. The van der Waals surface area contributed by atoms with Gasteiger partial charge in [-0.05, 0) is 62.1 Å². The van der Waals surface area contributed by atoms with Crippen LogP contribution in [0.3, 0.4) is 0 Å². The quantitative estimate of drug-likeness (QED) is 0.677. The Morgan fingerprint density at radius 2 is 1.67 bits per heavy atom. The number of aryl methyl sites for hydroxylation is 3. The van der Waals surface area contributed by atoms with Crippen molar-refractivity contribution in [2.75, 3.05) is 10.8 Å².